The van der Waals surface area contributed by atoms with Gasteiger partial charge < -0.3 is 94.7 Å². The number of cyclic esters (lactones) is 8. The van der Waals surface area contributed by atoms with E-state index in [0.717, 1.165) is 99.2 Å². The lowest BCUT2D eigenvalue weighted by Crippen LogP contribution is -2.46. The monoisotopic (exact) mass is 1410 g/mol. The molecule has 548 valence electrons. The summed E-state index contributed by atoms with van der Waals surface area (Å²) in [6, 6.07) is 0. The van der Waals surface area contributed by atoms with E-state index >= 15 is 0 Å². The Kier molecular flexibility index (Phi) is 52.5. The van der Waals surface area contributed by atoms with E-state index < -0.39 is 82.4 Å². The number of thioether (sulfide) groups is 2. The predicted molar refractivity (Wildman–Crippen MR) is 340 cm³/mol. The lowest BCUT2D eigenvalue weighted by molar-refractivity contribution is -0.186. The molecule has 4 atom stereocenters. The molecule has 3 heterocycles. The van der Waals surface area contributed by atoms with Crippen molar-refractivity contribution in [3.05, 3.63) is 24.3 Å². The number of hydrogen-bond donors (Lipinski definition) is 0. The van der Waals surface area contributed by atoms with Gasteiger partial charge in [-0.3, -0.25) is 19.2 Å². The van der Waals surface area contributed by atoms with E-state index in [1.54, 1.807) is 0 Å². The van der Waals surface area contributed by atoms with Crippen LogP contribution in [0.25, 0.3) is 0 Å². The SMILES string of the molecule is O=C1/C=C\C(=O)OCCOCCOCCOC(=O)C(SCCCOC(=O)[C@@H]2OCCOCCOCCOCCOCCO[C@H]2C(=O)OCCCSC2CC(=O)OCCCCCCCCOC(=O)/C=C\C(=O)OCCOCCOCCOC2=O)CC(=O)OCCCCCCCCO1. The van der Waals surface area contributed by atoms with Crippen LogP contribution in [0.5, 0.6) is 0 Å². The largest absolute Gasteiger partial charge is 0.466 e. The molecule has 1 saturated heterocycles. The summed E-state index contributed by atoms with van der Waals surface area (Å²) < 4.78 is 110. The van der Waals surface area contributed by atoms with Crippen LogP contribution in [0.3, 0.4) is 0 Å². The van der Waals surface area contributed by atoms with E-state index in [9.17, 15) is 47.9 Å². The van der Waals surface area contributed by atoms with Crippen molar-refractivity contribution in [1.82, 2.24) is 0 Å². The maximum atomic E-state index is 14.0. The van der Waals surface area contributed by atoms with Gasteiger partial charge in [0, 0.05) is 24.3 Å². The highest BCUT2D eigenvalue weighted by Gasteiger charge is 2.39. The summed E-state index contributed by atoms with van der Waals surface area (Å²) in [4.78, 5) is 129. The zero-order chi connectivity index (χ0) is 69.0. The molecule has 0 aromatic carbocycles. The molecule has 0 aliphatic carbocycles. The maximum absolute atomic E-state index is 14.0. The summed E-state index contributed by atoms with van der Waals surface area (Å²) in [5.41, 5.74) is 0. The Hall–Kier alpha value is -5.52. The highest BCUT2D eigenvalue weighted by molar-refractivity contribution is 8.00. The van der Waals surface area contributed by atoms with E-state index in [0.29, 0.717) is 38.9 Å². The fourth-order valence-electron chi connectivity index (χ4n) is 8.35. The molecule has 3 rings (SSSR count). The van der Waals surface area contributed by atoms with Crippen LogP contribution in [0.4, 0.5) is 0 Å². The summed E-state index contributed by atoms with van der Waals surface area (Å²) >= 11 is 2.20. The van der Waals surface area contributed by atoms with E-state index in [1.165, 1.54) is 0 Å². The molecule has 3 aliphatic rings. The topological polar surface area (TPSA) is 355 Å². The van der Waals surface area contributed by atoms with Crippen LogP contribution >= 0.6 is 23.5 Å². The van der Waals surface area contributed by atoms with Gasteiger partial charge in [0.15, 0.2) is 12.2 Å². The molecular weight excluding hydrogens is 1310 g/mol. The van der Waals surface area contributed by atoms with Gasteiger partial charge in [0.2, 0.25) is 0 Å². The second-order valence-electron chi connectivity index (χ2n) is 21.0. The second-order valence-corrected chi connectivity index (χ2v) is 23.6. The minimum atomic E-state index is -1.67. The first-order chi connectivity index (χ1) is 46.9. The first-order valence-corrected chi connectivity index (χ1v) is 35.1. The third-order valence-electron chi connectivity index (χ3n) is 13.3. The lowest BCUT2D eigenvalue weighted by Gasteiger charge is -2.25. The van der Waals surface area contributed by atoms with Crippen molar-refractivity contribution in [3.63, 3.8) is 0 Å². The quantitative estimate of drug-likeness (QED) is 0.152. The Bertz CT molecular complexity index is 2070. The summed E-state index contributed by atoms with van der Waals surface area (Å²) in [6.07, 6.45) is 9.37. The van der Waals surface area contributed by atoms with Crippen LogP contribution in [-0.2, 0) is 143 Å². The number of esters is 10. The number of ether oxygens (including phenoxy) is 20. The summed E-state index contributed by atoms with van der Waals surface area (Å²) in [5, 5.41) is -1.99. The molecule has 0 saturated carbocycles. The zero-order valence-electron chi connectivity index (χ0n) is 55.2. The smallest absolute Gasteiger partial charge is 0.338 e. The van der Waals surface area contributed by atoms with Crippen LogP contribution < -0.4 is 0 Å². The van der Waals surface area contributed by atoms with Gasteiger partial charge in [-0.25, -0.2) is 28.8 Å². The van der Waals surface area contributed by atoms with Gasteiger partial charge in [-0.05, 0) is 50.0 Å². The van der Waals surface area contributed by atoms with Gasteiger partial charge >= 0.3 is 59.7 Å². The minimum Gasteiger partial charge on any atom is -0.466 e. The fourth-order valence-corrected chi connectivity index (χ4v) is 10.4. The minimum absolute atomic E-state index is 0.0106. The first-order valence-electron chi connectivity index (χ1n) is 33.0. The van der Waals surface area contributed by atoms with E-state index in [1.807, 2.05) is 0 Å². The zero-order valence-corrected chi connectivity index (χ0v) is 56.8. The third-order valence-corrected chi connectivity index (χ3v) is 15.8. The summed E-state index contributed by atoms with van der Waals surface area (Å²) in [7, 11) is 0. The Morgan fingerprint density at radius 1 is 0.312 bits per heavy atom. The molecule has 0 radical (unpaired) electrons. The third kappa shape index (κ3) is 47.4. The van der Waals surface area contributed by atoms with Crippen LogP contribution in [0, 0.1) is 0 Å². The van der Waals surface area contributed by atoms with Gasteiger partial charge in [0.25, 0.3) is 0 Å². The molecule has 1 fully saturated rings. The van der Waals surface area contributed by atoms with Gasteiger partial charge in [-0.15, -0.1) is 23.5 Å². The fraction of sp³-hybridized carbons (Fsp3) is 0.781. The van der Waals surface area contributed by atoms with Gasteiger partial charge in [-0.1, -0.05) is 51.4 Å². The molecule has 0 aromatic rings. The molecule has 0 bridgehead atoms. The number of carbonyl (C=O) groups is 10. The van der Waals surface area contributed by atoms with Crippen LogP contribution in [0.1, 0.15) is 103 Å². The van der Waals surface area contributed by atoms with Crippen molar-refractivity contribution in [2.75, 3.05) is 196 Å². The second kappa shape index (κ2) is 59.5. The van der Waals surface area contributed by atoms with Crippen molar-refractivity contribution in [2.24, 2.45) is 0 Å². The highest BCUT2D eigenvalue weighted by atomic mass is 32.2. The van der Waals surface area contributed by atoms with Crippen molar-refractivity contribution >= 4 is 83.2 Å². The maximum Gasteiger partial charge on any atom is 0.338 e. The molecule has 0 amide bonds. The van der Waals surface area contributed by atoms with Gasteiger partial charge in [-0.2, -0.15) is 0 Å². The number of hydrogen-bond acceptors (Lipinski definition) is 32. The molecule has 0 spiro atoms. The van der Waals surface area contributed by atoms with Crippen LogP contribution in [0.2, 0.25) is 0 Å². The Labute approximate surface area is 569 Å². The normalized spacial score (nSPS) is 24.4. The van der Waals surface area contributed by atoms with E-state index in [4.69, 9.17) is 94.7 Å². The van der Waals surface area contributed by atoms with Crippen molar-refractivity contribution in [1.29, 1.82) is 0 Å². The van der Waals surface area contributed by atoms with Crippen LogP contribution in [-0.4, -0.2) is 279 Å². The summed E-state index contributed by atoms with van der Waals surface area (Å²) in [5.74, 6) is -6.87. The molecule has 96 heavy (non-hydrogen) atoms. The average Bonchev–Trinajstić information content (AvgIpc) is 0.914. The number of rotatable bonds is 12. The standard InChI is InChI=1S/C64H100O30S2/c65-53-15-17-55(67)87-41-35-77-31-33-81-39-45-93-61(71)51(49-57(69)85-21-11-7-3-1-5-9-19-83-53)95-47-13-23-91-63(73)59-60(90-44-38-80-30-28-76-26-25-75-27-29-79-37-43-89-59)64(74)92-24-14-48-96-52-50-58(70)86-22-12-8-4-2-6-10-20-84-54(66)16-18-56(68)88-42-36-78-32-34-82-40-46-94-62(52)72/h15-18,51-52,59-60H,1-14,19-50H2/b17-15-,18-16-/t51?,52?,59-,60-/m1/s1. The first kappa shape index (κ1) is 84.7. The lowest BCUT2D eigenvalue weighted by atomic mass is 10.1. The Balaban J connectivity index is 1.62. The molecule has 0 aromatic heterocycles. The predicted octanol–water partition coefficient (Wildman–Crippen LogP) is 3.92. The Morgan fingerprint density at radius 3 is 0.875 bits per heavy atom. The van der Waals surface area contributed by atoms with E-state index in [2.05, 4.69) is 0 Å². The summed E-state index contributed by atoms with van der Waals surface area (Å²) in [6.45, 7) is 1.68. The van der Waals surface area contributed by atoms with E-state index in [-0.39, 0.29) is 209 Å². The molecular formula is C64H100O30S2. The van der Waals surface area contributed by atoms with Crippen LogP contribution in [0.15, 0.2) is 24.3 Å². The molecule has 30 nitrogen and oxygen atoms in total. The van der Waals surface area contributed by atoms with Crippen molar-refractivity contribution in [3.8, 4) is 0 Å². The highest BCUT2D eigenvalue weighted by Crippen LogP contribution is 2.22. The van der Waals surface area contributed by atoms with Gasteiger partial charge in [0.1, 0.15) is 36.9 Å². The molecule has 3 aliphatic heterocycles. The number of carbonyl (C=O) groups excluding carboxylic acids is 10. The Morgan fingerprint density at radius 2 is 0.562 bits per heavy atom. The van der Waals surface area contributed by atoms with Crippen molar-refractivity contribution < 1.29 is 143 Å². The molecule has 0 N–H and O–H groups in total. The van der Waals surface area contributed by atoms with Gasteiger partial charge in [0.05, 0.1) is 171 Å². The molecule has 32 heteroatoms. The van der Waals surface area contributed by atoms with Crippen molar-refractivity contribution in [2.45, 2.75) is 125 Å². The molecule has 2 unspecified atom stereocenters. The average molecular weight is 1410 g/mol.